The quantitative estimate of drug-likeness (QED) is 0.875. The topological polar surface area (TPSA) is 79.5 Å². The molecule has 1 aromatic carbocycles. The van der Waals surface area contributed by atoms with Crippen LogP contribution in [0.2, 0.25) is 0 Å². The highest BCUT2D eigenvalue weighted by Crippen LogP contribution is 2.37. The number of para-hydroxylation sites is 1. The molecule has 6 nitrogen and oxygen atoms in total. The molecule has 1 aliphatic carbocycles. The largest absolute Gasteiger partial charge is 0.342 e. The van der Waals surface area contributed by atoms with E-state index in [2.05, 4.69) is 4.98 Å². The Morgan fingerprint density at radius 2 is 1.88 bits per heavy atom. The molecule has 3 heterocycles. The van der Waals surface area contributed by atoms with Crippen molar-refractivity contribution in [3.05, 3.63) is 24.3 Å². The maximum absolute atomic E-state index is 13.0. The zero-order valence-corrected chi connectivity index (χ0v) is 15.3. The number of anilines is 1. The first-order valence-electron chi connectivity index (χ1n) is 9.30. The number of amides is 2. The lowest BCUT2D eigenvalue weighted by atomic mass is 9.92. The third kappa shape index (κ3) is 2.53. The summed E-state index contributed by atoms with van der Waals surface area (Å²) in [5.41, 5.74) is 7.15. The second kappa shape index (κ2) is 6.03. The Hall–Kier alpha value is -1.99. The van der Waals surface area contributed by atoms with Gasteiger partial charge in [0.25, 0.3) is 0 Å². The molecule has 2 amide bonds. The SMILES string of the molecule is NC1[C@@H]2CC[C@H]1CN(C(=O)C1CC(=O)N(c3nc4ccccc4s3)C1)C2. The molecule has 3 aliphatic rings. The summed E-state index contributed by atoms with van der Waals surface area (Å²) in [6.45, 7) is 1.94. The van der Waals surface area contributed by atoms with Gasteiger partial charge in [-0.3, -0.25) is 14.5 Å². The van der Waals surface area contributed by atoms with Crippen molar-refractivity contribution in [2.24, 2.45) is 23.5 Å². The van der Waals surface area contributed by atoms with Crippen molar-refractivity contribution in [1.82, 2.24) is 9.88 Å². The average molecular weight is 370 g/mol. The standard InChI is InChI=1S/C19H22N4O2S/c20-17-11-5-6-12(17)9-22(8-11)18(25)13-7-16(24)23(10-13)19-21-14-3-1-2-4-15(14)26-19/h1-4,11-13,17H,5-10,20H2/t11-,12+,13?,17?. The molecular formula is C19H22N4O2S. The normalized spacial score (nSPS) is 31.2. The van der Waals surface area contributed by atoms with Crippen LogP contribution in [0, 0.1) is 17.8 Å². The first-order valence-corrected chi connectivity index (χ1v) is 10.1. The van der Waals surface area contributed by atoms with Gasteiger partial charge in [-0.1, -0.05) is 23.5 Å². The van der Waals surface area contributed by atoms with Crippen molar-refractivity contribution in [3.63, 3.8) is 0 Å². The molecule has 2 aromatic rings. The van der Waals surface area contributed by atoms with Crippen LogP contribution in [0.5, 0.6) is 0 Å². The second-order valence-corrected chi connectivity index (χ2v) is 8.80. The van der Waals surface area contributed by atoms with E-state index in [0.717, 1.165) is 36.1 Å². The van der Waals surface area contributed by atoms with E-state index in [0.29, 0.717) is 23.5 Å². The van der Waals surface area contributed by atoms with Crippen LogP contribution >= 0.6 is 11.3 Å². The van der Waals surface area contributed by atoms with Crippen LogP contribution in [-0.2, 0) is 9.59 Å². The zero-order chi connectivity index (χ0) is 17.8. The van der Waals surface area contributed by atoms with Gasteiger partial charge in [-0.25, -0.2) is 4.98 Å². The summed E-state index contributed by atoms with van der Waals surface area (Å²) in [5, 5.41) is 0.701. The minimum Gasteiger partial charge on any atom is -0.342 e. The van der Waals surface area contributed by atoms with Gasteiger partial charge < -0.3 is 10.6 Å². The van der Waals surface area contributed by atoms with Gasteiger partial charge in [-0.15, -0.1) is 0 Å². The third-order valence-corrected chi connectivity index (χ3v) is 7.27. The van der Waals surface area contributed by atoms with E-state index in [1.54, 1.807) is 4.90 Å². The maximum Gasteiger partial charge on any atom is 0.229 e. The van der Waals surface area contributed by atoms with Crippen molar-refractivity contribution in [2.75, 3.05) is 24.5 Å². The monoisotopic (exact) mass is 370 g/mol. The van der Waals surface area contributed by atoms with Gasteiger partial charge in [0.05, 0.1) is 16.1 Å². The van der Waals surface area contributed by atoms with Crippen molar-refractivity contribution in [2.45, 2.75) is 25.3 Å². The summed E-state index contributed by atoms with van der Waals surface area (Å²) >= 11 is 1.51. The number of likely N-dealkylation sites (tertiary alicyclic amines) is 1. The van der Waals surface area contributed by atoms with Crippen LogP contribution < -0.4 is 10.6 Å². The number of fused-ring (bicyclic) bond motifs is 3. The smallest absolute Gasteiger partial charge is 0.229 e. The van der Waals surface area contributed by atoms with Crippen LogP contribution in [0.25, 0.3) is 10.2 Å². The number of nitrogens with zero attached hydrogens (tertiary/aromatic N) is 3. The van der Waals surface area contributed by atoms with E-state index in [1.165, 1.54) is 11.3 Å². The predicted molar refractivity (Wildman–Crippen MR) is 101 cm³/mol. The molecule has 136 valence electrons. The lowest BCUT2D eigenvalue weighted by Gasteiger charge is -2.37. The van der Waals surface area contributed by atoms with Gasteiger partial charge in [-0.2, -0.15) is 0 Å². The second-order valence-electron chi connectivity index (χ2n) is 7.79. The number of carbonyl (C=O) groups is 2. The summed E-state index contributed by atoms with van der Waals surface area (Å²) in [7, 11) is 0. The van der Waals surface area contributed by atoms with Gasteiger partial charge in [-0.05, 0) is 36.8 Å². The highest BCUT2D eigenvalue weighted by Gasteiger charge is 2.44. The summed E-state index contributed by atoms with van der Waals surface area (Å²) < 4.78 is 1.06. The molecule has 2 aliphatic heterocycles. The molecule has 0 radical (unpaired) electrons. The number of piperidine rings is 1. The van der Waals surface area contributed by atoms with Gasteiger partial charge in [0.2, 0.25) is 11.8 Å². The zero-order valence-electron chi connectivity index (χ0n) is 14.5. The lowest BCUT2D eigenvalue weighted by molar-refractivity contribution is -0.138. The Kier molecular flexibility index (Phi) is 3.76. The van der Waals surface area contributed by atoms with Crippen molar-refractivity contribution >= 4 is 38.5 Å². The predicted octanol–water partition coefficient (Wildman–Crippen LogP) is 1.84. The first kappa shape index (κ1) is 16.2. The lowest BCUT2D eigenvalue weighted by Crippen LogP contribution is -2.52. The maximum atomic E-state index is 13.0. The Bertz CT molecular complexity index is 834. The fourth-order valence-corrected chi connectivity index (χ4v) is 5.73. The van der Waals surface area contributed by atoms with Crippen LogP contribution in [-0.4, -0.2) is 47.4 Å². The van der Waals surface area contributed by atoms with E-state index in [4.69, 9.17) is 5.73 Å². The number of carbonyl (C=O) groups excluding carboxylic acids is 2. The Morgan fingerprint density at radius 1 is 1.15 bits per heavy atom. The Labute approximate surface area is 156 Å². The van der Waals surface area contributed by atoms with Crippen LogP contribution in [0.4, 0.5) is 5.13 Å². The molecular weight excluding hydrogens is 348 g/mol. The number of rotatable bonds is 2. The van der Waals surface area contributed by atoms with E-state index in [-0.39, 0.29) is 30.2 Å². The van der Waals surface area contributed by atoms with Gasteiger partial charge in [0.1, 0.15) is 0 Å². The minimum absolute atomic E-state index is 0.000844. The highest BCUT2D eigenvalue weighted by molar-refractivity contribution is 7.22. The molecule has 5 rings (SSSR count). The van der Waals surface area contributed by atoms with Crippen LogP contribution in [0.3, 0.4) is 0 Å². The summed E-state index contributed by atoms with van der Waals surface area (Å²) in [5.74, 6) is 0.707. The van der Waals surface area contributed by atoms with Crippen LogP contribution in [0.1, 0.15) is 19.3 Å². The number of benzene rings is 1. The fraction of sp³-hybridized carbons (Fsp3) is 0.526. The Balaban J connectivity index is 1.32. The number of hydrogen-bond acceptors (Lipinski definition) is 5. The molecule has 1 saturated carbocycles. The first-order chi connectivity index (χ1) is 12.6. The number of hydrogen-bond donors (Lipinski definition) is 1. The number of aromatic nitrogens is 1. The molecule has 2 saturated heterocycles. The molecule has 4 atom stereocenters. The fourth-order valence-electron chi connectivity index (χ4n) is 4.74. The highest BCUT2D eigenvalue weighted by atomic mass is 32.1. The number of nitrogens with two attached hydrogens (primary N) is 1. The molecule has 2 unspecified atom stereocenters. The molecule has 2 N–H and O–H groups in total. The molecule has 2 bridgehead atoms. The molecule has 1 aromatic heterocycles. The van der Waals surface area contributed by atoms with E-state index >= 15 is 0 Å². The van der Waals surface area contributed by atoms with Gasteiger partial charge in [0.15, 0.2) is 5.13 Å². The summed E-state index contributed by atoms with van der Waals surface area (Å²) in [6.07, 6.45) is 2.53. The van der Waals surface area contributed by atoms with Crippen molar-refractivity contribution in [1.29, 1.82) is 0 Å². The van der Waals surface area contributed by atoms with E-state index < -0.39 is 0 Å². The van der Waals surface area contributed by atoms with E-state index in [1.807, 2.05) is 29.2 Å². The van der Waals surface area contributed by atoms with Crippen molar-refractivity contribution < 1.29 is 9.59 Å². The van der Waals surface area contributed by atoms with Gasteiger partial charge in [0, 0.05) is 32.1 Å². The molecule has 3 fully saturated rings. The summed E-state index contributed by atoms with van der Waals surface area (Å²) in [4.78, 5) is 33.8. The molecule has 0 spiro atoms. The average Bonchev–Trinajstić information content (AvgIpc) is 3.27. The van der Waals surface area contributed by atoms with Crippen LogP contribution in [0.15, 0.2) is 24.3 Å². The van der Waals surface area contributed by atoms with Crippen molar-refractivity contribution in [3.8, 4) is 0 Å². The molecule has 7 heteroatoms. The van der Waals surface area contributed by atoms with Gasteiger partial charge >= 0.3 is 0 Å². The Morgan fingerprint density at radius 3 is 2.62 bits per heavy atom. The number of thiazole rings is 1. The molecule has 26 heavy (non-hydrogen) atoms. The third-order valence-electron chi connectivity index (χ3n) is 6.21. The minimum atomic E-state index is -0.261. The summed E-state index contributed by atoms with van der Waals surface area (Å²) in [6, 6.07) is 8.11. The van der Waals surface area contributed by atoms with E-state index in [9.17, 15) is 9.59 Å².